The van der Waals surface area contributed by atoms with Gasteiger partial charge in [0.2, 0.25) is 0 Å². The number of halogens is 1. The lowest BCUT2D eigenvalue weighted by molar-refractivity contribution is 0.0843. The van der Waals surface area contributed by atoms with Gasteiger partial charge >= 0.3 is 0 Å². The predicted octanol–water partition coefficient (Wildman–Crippen LogP) is 2.31. The largest absolute Gasteiger partial charge is 0.495 e. The quantitative estimate of drug-likeness (QED) is 0.782. The van der Waals surface area contributed by atoms with Crippen molar-refractivity contribution in [1.29, 1.82) is 0 Å². The molecule has 0 N–H and O–H groups in total. The molecular formula is C16H21ClN2O2. The van der Waals surface area contributed by atoms with Crippen molar-refractivity contribution in [2.45, 2.75) is 18.9 Å². The molecule has 1 aromatic carbocycles. The number of Topliss-reactive ketones (excluding diaryl/α,β-unsaturated/α-hetero) is 1. The van der Waals surface area contributed by atoms with Gasteiger partial charge in [-0.1, -0.05) is 11.6 Å². The van der Waals surface area contributed by atoms with Crippen molar-refractivity contribution in [2.24, 2.45) is 0 Å². The Morgan fingerprint density at radius 1 is 1.29 bits per heavy atom. The van der Waals surface area contributed by atoms with Gasteiger partial charge in [0.25, 0.3) is 0 Å². The van der Waals surface area contributed by atoms with E-state index in [2.05, 4.69) is 9.80 Å². The maximum absolute atomic E-state index is 12.3. The summed E-state index contributed by atoms with van der Waals surface area (Å²) in [7, 11) is 1.57. The number of carbonyl (C=O) groups excluding carboxylic acids is 1. The number of hydrogen-bond donors (Lipinski definition) is 0. The molecule has 0 bridgehead atoms. The lowest BCUT2D eigenvalue weighted by Crippen LogP contribution is -2.48. The van der Waals surface area contributed by atoms with E-state index in [0.717, 1.165) is 32.2 Å². The third kappa shape index (κ3) is 3.57. The fraction of sp³-hybridized carbons (Fsp3) is 0.562. The summed E-state index contributed by atoms with van der Waals surface area (Å²) < 4.78 is 5.11. The minimum Gasteiger partial charge on any atom is -0.495 e. The number of methoxy groups -OCH3 is 1. The van der Waals surface area contributed by atoms with E-state index in [1.54, 1.807) is 25.3 Å². The van der Waals surface area contributed by atoms with Gasteiger partial charge < -0.3 is 4.74 Å². The van der Waals surface area contributed by atoms with E-state index in [4.69, 9.17) is 16.3 Å². The molecule has 2 fully saturated rings. The van der Waals surface area contributed by atoms with Crippen LogP contribution in [0.25, 0.3) is 0 Å². The van der Waals surface area contributed by atoms with Gasteiger partial charge in [-0.05, 0) is 31.0 Å². The number of ketones is 1. The molecule has 1 aliphatic carbocycles. The fourth-order valence-corrected chi connectivity index (χ4v) is 3.12. The number of benzene rings is 1. The molecule has 1 heterocycles. The van der Waals surface area contributed by atoms with E-state index >= 15 is 0 Å². The molecule has 5 heteroatoms. The summed E-state index contributed by atoms with van der Waals surface area (Å²) in [5.74, 6) is 0.727. The Balaban J connectivity index is 1.55. The SMILES string of the molecule is COc1ccc(C(=O)CN2CCN(C3CC3)CC2)cc1Cl. The zero-order chi connectivity index (χ0) is 14.8. The number of hydrogen-bond acceptors (Lipinski definition) is 4. The second-order valence-corrected chi connectivity index (χ2v) is 6.22. The van der Waals surface area contributed by atoms with Gasteiger partial charge in [0, 0.05) is 37.8 Å². The Morgan fingerprint density at radius 3 is 2.57 bits per heavy atom. The Kier molecular flexibility index (Phi) is 4.48. The summed E-state index contributed by atoms with van der Waals surface area (Å²) in [5.41, 5.74) is 0.658. The summed E-state index contributed by atoms with van der Waals surface area (Å²) in [5, 5.41) is 0.488. The number of piperazine rings is 1. The zero-order valence-corrected chi connectivity index (χ0v) is 13.1. The summed E-state index contributed by atoms with van der Waals surface area (Å²) in [6.45, 7) is 4.60. The summed E-state index contributed by atoms with van der Waals surface area (Å²) in [6, 6.07) is 6.06. The molecule has 0 aromatic heterocycles. The van der Waals surface area contributed by atoms with Crippen LogP contribution in [0.15, 0.2) is 18.2 Å². The van der Waals surface area contributed by atoms with Crippen LogP contribution in [0.5, 0.6) is 5.75 Å². The summed E-state index contributed by atoms with van der Waals surface area (Å²) in [6.07, 6.45) is 2.70. The molecule has 1 saturated heterocycles. The van der Waals surface area contributed by atoms with Crippen molar-refractivity contribution in [1.82, 2.24) is 9.80 Å². The number of rotatable bonds is 5. The van der Waals surface area contributed by atoms with Crippen LogP contribution in [-0.2, 0) is 0 Å². The van der Waals surface area contributed by atoms with Gasteiger partial charge in [-0.2, -0.15) is 0 Å². The summed E-state index contributed by atoms with van der Waals surface area (Å²) in [4.78, 5) is 17.1. The molecule has 3 rings (SSSR count). The Labute approximate surface area is 130 Å². The van der Waals surface area contributed by atoms with E-state index in [1.165, 1.54) is 12.8 Å². The number of ether oxygens (including phenoxy) is 1. The third-order valence-electron chi connectivity index (χ3n) is 4.31. The van der Waals surface area contributed by atoms with Gasteiger partial charge in [0.15, 0.2) is 5.78 Å². The third-order valence-corrected chi connectivity index (χ3v) is 4.61. The zero-order valence-electron chi connectivity index (χ0n) is 12.3. The molecule has 0 radical (unpaired) electrons. The highest BCUT2D eigenvalue weighted by Crippen LogP contribution is 2.28. The van der Waals surface area contributed by atoms with Crippen molar-refractivity contribution >= 4 is 17.4 Å². The van der Waals surface area contributed by atoms with Gasteiger partial charge in [0.1, 0.15) is 5.75 Å². The Hall–Kier alpha value is -1.10. The predicted molar refractivity (Wildman–Crippen MR) is 83.4 cm³/mol. The van der Waals surface area contributed by atoms with E-state index < -0.39 is 0 Å². The van der Waals surface area contributed by atoms with Gasteiger partial charge in [-0.3, -0.25) is 14.6 Å². The van der Waals surface area contributed by atoms with Crippen LogP contribution < -0.4 is 4.74 Å². The highest BCUT2D eigenvalue weighted by atomic mass is 35.5. The van der Waals surface area contributed by atoms with Crippen LogP contribution >= 0.6 is 11.6 Å². The van der Waals surface area contributed by atoms with Crippen LogP contribution in [0.1, 0.15) is 23.2 Å². The van der Waals surface area contributed by atoms with E-state index in [9.17, 15) is 4.79 Å². The van der Waals surface area contributed by atoms with Crippen LogP contribution in [0.3, 0.4) is 0 Å². The Bertz CT molecular complexity index is 523. The fourth-order valence-electron chi connectivity index (χ4n) is 2.86. The highest BCUT2D eigenvalue weighted by molar-refractivity contribution is 6.32. The summed E-state index contributed by atoms with van der Waals surface area (Å²) >= 11 is 6.08. The Morgan fingerprint density at radius 2 is 2.00 bits per heavy atom. The maximum Gasteiger partial charge on any atom is 0.176 e. The molecule has 1 aromatic rings. The number of nitrogens with zero attached hydrogens (tertiary/aromatic N) is 2. The van der Waals surface area contributed by atoms with Crippen molar-refractivity contribution in [3.8, 4) is 5.75 Å². The van der Waals surface area contributed by atoms with Crippen molar-refractivity contribution in [2.75, 3.05) is 39.8 Å². The van der Waals surface area contributed by atoms with Crippen molar-refractivity contribution in [3.63, 3.8) is 0 Å². The minimum atomic E-state index is 0.124. The normalized spacial score (nSPS) is 20.5. The van der Waals surface area contributed by atoms with E-state index in [0.29, 0.717) is 22.9 Å². The average Bonchev–Trinajstić information content (AvgIpc) is 3.32. The van der Waals surface area contributed by atoms with Crippen molar-refractivity contribution < 1.29 is 9.53 Å². The highest BCUT2D eigenvalue weighted by Gasteiger charge is 2.31. The standard InChI is InChI=1S/C16H21ClN2O2/c1-21-16-5-2-12(10-14(16)17)15(20)11-18-6-8-19(9-7-18)13-3-4-13/h2,5,10,13H,3-4,6-9,11H2,1H3. The van der Waals surface area contributed by atoms with E-state index in [-0.39, 0.29) is 5.78 Å². The molecule has 0 atom stereocenters. The first-order valence-corrected chi connectivity index (χ1v) is 7.88. The van der Waals surface area contributed by atoms with Crippen LogP contribution in [0.2, 0.25) is 5.02 Å². The molecule has 0 spiro atoms. The smallest absolute Gasteiger partial charge is 0.176 e. The van der Waals surface area contributed by atoms with Crippen LogP contribution in [0, 0.1) is 0 Å². The minimum absolute atomic E-state index is 0.124. The monoisotopic (exact) mass is 308 g/mol. The molecule has 0 unspecified atom stereocenters. The lowest BCUT2D eigenvalue weighted by Gasteiger charge is -2.34. The molecule has 0 amide bonds. The molecule has 2 aliphatic rings. The van der Waals surface area contributed by atoms with Crippen LogP contribution in [-0.4, -0.2) is 61.5 Å². The van der Waals surface area contributed by atoms with Crippen molar-refractivity contribution in [3.05, 3.63) is 28.8 Å². The van der Waals surface area contributed by atoms with E-state index in [1.807, 2.05) is 0 Å². The molecule has 1 aliphatic heterocycles. The molecule has 114 valence electrons. The molecule has 1 saturated carbocycles. The lowest BCUT2D eigenvalue weighted by atomic mass is 10.1. The topological polar surface area (TPSA) is 32.8 Å². The van der Waals surface area contributed by atoms with Gasteiger partial charge in [-0.25, -0.2) is 0 Å². The first kappa shape index (κ1) is 14.8. The number of carbonyl (C=O) groups is 1. The first-order chi connectivity index (χ1) is 10.2. The molecule has 4 nitrogen and oxygen atoms in total. The first-order valence-electron chi connectivity index (χ1n) is 7.50. The molecule has 21 heavy (non-hydrogen) atoms. The average molecular weight is 309 g/mol. The van der Waals surface area contributed by atoms with Crippen LogP contribution in [0.4, 0.5) is 0 Å². The second-order valence-electron chi connectivity index (χ2n) is 5.82. The second kappa shape index (κ2) is 6.34. The van der Waals surface area contributed by atoms with Gasteiger partial charge in [-0.15, -0.1) is 0 Å². The maximum atomic E-state index is 12.3. The molecular weight excluding hydrogens is 288 g/mol. The van der Waals surface area contributed by atoms with Gasteiger partial charge in [0.05, 0.1) is 18.7 Å².